The molecular weight excluding hydrogens is 158 g/mol. The molecule has 1 amide bonds. The number of hydrogen-bond acceptors (Lipinski definition) is 2. The summed E-state index contributed by atoms with van der Waals surface area (Å²) >= 11 is 0. The van der Waals surface area contributed by atoms with Crippen LogP contribution in [0, 0.1) is 5.92 Å². The molecule has 0 saturated heterocycles. The summed E-state index contributed by atoms with van der Waals surface area (Å²) < 4.78 is 0. The minimum atomic E-state index is -0.960. The summed E-state index contributed by atoms with van der Waals surface area (Å²) in [7, 11) is 0. The Kier molecular flexibility index (Phi) is 3.34. The summed E-state index contributed by atoms with van der Waals surface area (Å²) in [6.45, 7) is 0.178. The molecule has 0 radical (unpaired) electrons. The van der Waals surface area contributed by atoms with E-state index in [-0.39, 0.29) is 18.6 Å². The highest BCUT2D eigenvalue weighted by Gasteiger charge is 2.22. The van der Waals surface area contributed by atoms with Crippen molar-refractivity contribution in [2.24, 2.45) is 5.92 Å². The van der Waals surface area contributed by atoms with Crippen LogP contribution in [0.15, 0.2) is 0 Å². The number of hydrogen-bond donors (Lipinski definition) is 3. The minimum absolute atomic E-state index is 0.0494. The molecule has 0 spiro atoms. The number of nitrogens with one attached hydrogen (secondary N) is 1. The van der Waals surface area contributed by atoms with Gasteiger partial charge < -0.3 is 15.5 Å². The van der Waals surface area contributed by atoms with Crippen molar-refractivity contribution in [3.8, 4) is 0 Å². The molecule has 0 heterocycles. The van der Waals surface area contributed by atoms with Crippen LogP contribution >= 0.6 is 0 Å². The van der Waals surface area contributed by atoms with Gasteiger partial charge in [0.2, 0.25) is 0 Å². The van der Waals surface area contributed by atoms with Gasteiger partial charge in [0.15, 0.2) is 0 Å². The Labute approximate surface area is 71.6 Å². The molecule has 1 saturated carbocycles. The maximum Gasteiger partial charge on any atom is 0.404 e. The van der Waals surface area contributed by atoms with Crippen molar-refractivity contribution < 1.29 is 15.0 Å². The molecule has 2 atom stereocenters. The summed E-state index contributed by atoms with van der Waals surface area (Å²) in [5.74, 6) is 0.288. The van der Waals surface area contributed by atoms with E-state index in [1.807, 2.05) is 0 Å². The van der Waals surface area contributed by atoms with Gasteiger partial charge in [0.1, 0.15) is 0 Å². The van der Waals surface area contributed by atoms with Gasteiger partial charge in [-0.2, -0.15) is 0 Å². The lowest BCUT2D eigenvalue weighted by molar-refractivity contribution is 0.157. The number of carboxylic acid groups (broad SMARTS) is 1. The molecular formula is C8H15NO3. The average molecular weight is 173 g/mol. The molecule has 3 N–H and O–H groups in total. The van der Waals surface area contributed by atoms with Crippen molar-refractivity contribution in [3.63, 3.8) is 0 Å². The SMILES string of the molecule is O=C(O)N[C@H]1CCC[C@H](CO)C1. The van der Waals surface area contributed by atoms with E-state index in [0.717, 1.165) is 25.7 Å². The van der Waals surface area contributed by atoms with Crippen molar-refractivity contribution in [1.29, 1.82) is 0 Å². The van der Waals surface area contributed by atoms with Crippen molar-refractivity contribution in [3.05, 3.63) is 0 Å². The standard InChI is InChI=1S/C8H15NO3/c10-5-6-2-1-3-7(4-6)9-8(11)12/h6-7,9-10H,1-5H2,(H,11,12)/t6-,7-/m0/s1. The zero-order valence-electron chi connectivity index (χ0n) is 6.99. The maximum atomic E-state index is 10.3. The predicted molar refractivity (Wildman–Crippen MR) is 44.0 cm³/mol. The Balaban J connectivity index is 2.30. The largest absolute Gasteiger partial charge is 0.465 e. The van der Waals surface area contributed by atoms with Crippen molar-refractivity contribution in [1.82, 2.24) is 5.32 Å². The summed E-state index contributed by atoms with van der Waals surface area (Å²) in [4.78, 5) is 10.3. The maximum absolute atomic E-state index is 10.3. The summed E-state index contributed by atoms with van der Waals surface area (Å²) in [6, 6.07) is 0.0494. The lowest BCUT2D eigenvalue weighted by Crippen LogP contribution is -2.38. The molecule has 1 fully saturated rings. The number of aliphatic hydroxyl groups is 1. The van der Waals surface area contributed by atoms with Crippen molar-refractivity contribution in [2.45, 2.75) is 31.7 Å². The summed E-state index contributed by atoms with van der Waals surface area (Å²) in [5, 5.41) is 19.8. The van der Waals surface area contributed by atoms with E-state index in [1.54, 1.807) is 0 Å². The zero-order chi connectivity index (χ0) is 8.97. The highest BCUT2D eigenvalue weighted by Crippen LogP contribution is 2.23. The van der Waals surface area contributed by atoms with Gasteiger partial charge in [-0.25, -0.2) is 4.79 Å². The van der Waals surface area contributed by atoms with Crippen LogP contribution in [0.4, 0.5) is 4.79 Å². The van der Waals surface area contributed by atoms with E-state index >= 15 is 0 Å². The van der Waals surface area contributed by atoms with Crippen LogP contribution < -0.4 is 5.32 Å². The Morgan fingerprint density at radius 2 is 2.25 bits per heavy atom. The number of rotatable bonds is 2. The van der Waals surface area contributed by atoms with Gasteiger partial charge in [-0.1, -0.05) is 6.42 Å². The fraction of sp³-hybridized carbons (Fsp3) is 0.875. The van der Waals surface area contributed by atoms with Crippen LogP contribution in [0.5, 0.6) is 0 Å². The van der Waals surface area contributed by atoms with E-state index in [1.165, 1.54) is 0 Å². The highest BCUT2D eigenvalue weighted by atomic mass is 16.4. The van der Waals surface area contributed by atoms with Crippen LogP contribution in [-0.4, -0.2) is 29.0 Å². The van der Waals surface area contributed by atoms with Crippen LogP contribution in [0.2, 0.25) is 0 Å². The first-order valence-electron chi connectivity index (χ1n) is 4.32. The van der Waals surface area contributed by atoms with E-state index in [4.69, 9.17) is 10.2 Å². The highest BCUT2D eigenvalue weighted by molar-refractivity contribution is 5.64. The second-order valence-corrected chi connectivity index (χ2v) is 3.36. The molecule has 70 valence electrons. The number of amides is 1. The fourth-order valence-corrected chi connectivity index (χ4v) is 1.76. The monoisotopic (exact) mass is 173 g/mol. The minimum Gasteiger partial charge on any atom is -0.465 e. The quantitative estimate of drug-likeness (QED) is 0.578. The third kappa shape index (κ3) is 2.70. The normalized spacial score (nSPS) is 29.8. The van der Waals surface area contributed by atoms with Gasteiger partial charge in [-0.05, 0) is 25.2 Å². The molecule has 0 unspecified atom stereocenters. The Hall–Kier alpha value is -0.770. The molecule has 0 aliphatic heterocycles. The second-order valence-electron chi connectivity index (χ2n) is 3.36. The Bertz CT molecular complexity index is 160. The molecule has 1 rings (SSSR count). The Morgan fingerprint density at radius 3 is 2.83 bits per heavy atom. The van der Waals surface area contributed by atoms with Crippen LogP contribution in [0.25, 0.3) is 0 Å². The van der Waals surface area contributed by atoms with Gasteiger partial charge in [-0.15, -0.1) is 0 Å². The topological polar surface area (TPSA) is 69.6 Å². The molecule has 4 heteroatoms. The third-order valence-electron chi connectivity index (χ3n) is 2.37. The van der Waals surface area contributed by atoms with E-state index in [2.05, 4.69) is 5.32 Å². The predicted octanol–water partition coefficient (Wildman–Crippen LogP) is 0.805. The van der Waals surface area contributed by atoms with E-state index in [9.17, 15) is 4.79 Å². The van der Waals surface area contributed by atoms with Crippen molar-refractivity contribution >= 4 is 6.09 Å². The summed E-state index contributed by atoms with van der Waals surface area (Å²) in [6.07, 6.45) is 2.76. The molecule has 12 heavy (non-hydrogen) atoms. The number of carbonyl (C=O) groups is 1. The molecule has 0 aromatic rings. The second kappa shape index (κ2) is 4.30. The zero-order valence-corrected chi connectivity index (χ0v) is 6.99. The first-order valence-corrected chi connectivity index (χ1v) is 4.32. The van der Waals surface area contributed by atoms with Gasteiger partial charge >= 0.3 is 6.09 Å². The molecule has 0 aromatic heterocycles. The van der Waals surface area contributed by atoms with Crippen LogP contribution in [0.3, 0.4) is 0 Å². The molecule has 1 aliphatic carbocycles. The smallest absolute Gasteiger partial charge is 0.404 e. The molecule has 0 bridgehead atoms. The van der Waals surface area contributed by atoms with Crippen LogP contribution in [-0.2, 0) is 0 Å². The first-order chi connectivity index (χ1) is 5.72. The molecule has 4 nitrogen and oxygen atoms in total. The Morgan fingerprint density at radius 1 is 1.50 bits per heavy atom. The van der Waals surface area contributed by atoms with Gasteiger partial charge in [-0.3, -0.25) is 0 Å². The number of aliphatic hydroxyl groups excluding tert-OH is 1. The van der Waals surface area contributed by atoms with Gasteiger partial charge in [0.25, 0.3) is 0 Å². The summed E-state index contributed by atoms with van der Waals surface area (Å²) in [5.41, 5.74) is 0. The van der Waals surface area contributed by atoms with Gasteiger partial charge in [0, 0.05) is 12.6 Å². The van der Waals surface area contributed by atoms with E-state index in [0.29, 0.717) is 0 Å². The lowest BCUT2D eigenvalue weighted by Gasteiger charge is -2.27. The van der Waals surface area contributed by atoms with Crippen LogP contribution in [0.1, 0.15) is 25.7 Å². The fourth-order valence-electron chi connectivity index (χ4n) is 1.76. The molecule has 0 aromatic carbocycles. The third-order valence-corrected chi connectivity index (χ3v) is 2.37. The first kappa shape index (κ1) is 9.32. The lowest BCUT2D eigenvalue weighted by atomic mass is 9.86. The molecule has 1 aliphatic rings. The van der Waals surface area contributed by atoms with E-state index < -0.39 is 6.09 Å². The van der Waals surface area contributed by atoms with Gasteiger partial charge in [0.05, 0.1) is 0 Å². The average Bonchev–Trinajstić information content (AvgIpc) is 2.03. The van der Waals surface area contributed by atoms with Crippen molar-refractivity contribution in [2.75, 3.05) is 6.61 Å².